The van der Waals surface area contributed by atoms with E-state index < -0.39 is 17.7 Å². The molecule has 0 spiro atoms. The number of hydrogen-bond donors (Lipinski definition) is 1. The van der Waals surface area contributed by atoms with Gasteiger partial charge in [0.1, 0.15) is 5.82 Å². The Morgan fingerprint density at radius 2 is 2.00 bits per heavy atom. The van der Waals surface area contributed by atoms with E-state index in [1.54, 1.807) is 30.3 Å². The lowest BCUT2D eigenvalue weighted by atomic mass is 9.92. The summed E-state index contributed by atoms with van der Waals surface area (Å²) >= 11 is 9.08. The fourth-order valence-corrected chi connectivity index (χ4v) is 2.69. The summed E-state index contributed by atoms with van der Waals surface area (Å²) in [7, 11) is 0. The maximum absolute atomic E-state index is 13.8. The van der Waals surface area contributed by atoms with Crippen LogP contribution in [0.1, 0.15) is 11.1 Å². The number of hydrogen-bond acceptors (Lipinski definition) is 1. The zero-order valence-electron chi connectivity index (χ0n) is 11.0. The zero-order chi connectivity index (χ0) is 15.4. The van der Waals surface area contributed by atoms with Crippen LogP contribution >= 0.6 is 27.5 Å². The molecule has 2 aromatic carbocycles. The summed E-state index contributed by atoms with van der Waals surface area (Å²) < 4.78 is 14.5. The van der Waals surface area contributed by atoms with E-state index in [2.05, 4.69) is 15.9 Å². The van der Waals surface area contributed by atoms with Crippen LogP contribution in [0.2, 0.25) is 5.02 Å². The van der Waals surface area contributed by atoms with E-state index in [0.29, 0.717) is 21.5 Å². The Labute approximate surface area is 135 Å². The monoisotopic (exact) mass is 370 g/mol. The fraction of sp³-hybridized carbons (Fsp3) is 0.188. The first-order chi connectivity index (χ1) is 9.95. The van der Waals surface area contributed by atoms with Gasteiger partial charge in [-0.1, -0.05) is 45.7 Å². The summed E-state index contributed by atoms with van der Waals surface area (Å²) in [6, 6.07) is 11.7. The molecule has 0 saturated heterocycles. The van der Waals surface area contributed by atoms with Crippen LogP contribution in [-0.2, 0) is 17.6 Å². The van der Waals surface area contributed by atoms with E-state index in [4.69, 9.17) is 11.6 Å². The van der Waals surface area contributed by atoms with Crippen molar-refractivity contribution in [2.45, 2.75) is 12.8 Å². The summed E-state index contributed by atoms with van der Waals surface area (Å²) in [5.41, 5.74) is 1.22. The summed E-state index contributed by atoms with van der Waals surface area (Å²) in [5, 5.41) is 9.91. The summed E-state index contributed by atoms with van der Waals surface area (Å²) in [4.78, 5) is 11.4. The Morgan fingerprint density at radius 1 is 1.24 bits per heavy atom. The zero-order valence-corrected chi connectivity index (χ0v) is 13.4. The Morgan fingerprint density at radius 3 is 2.62 bits per heavy atom. The molecule has 0 bridgehead atoms. The van der Waals surface area contributed by atoms with Gasteiger partial charge in [-0.25, -0.2) is 4.39 Å². The van der Waals surface area contributed by atoms with Gasteiger partial charge in [0.05, 0.1) is 5.92 Å². The normalized spacial score (nSPS) is 12.1. The molecule has 0 fully saturated rings. The van der Waals surface area contributed by atoms with Gasteiger partial charge in [-0.2, -0.15) is 0 Å². The minimum Gasteiger partial charge on any atom is -0.481 e. The lowest BCUT2D eigenvalue weighted by Crippen LogP contribution is -2.19. The molecule has 0 radical (unpaired) electrons. The average molecular weight is 372 g/mol. The Balaban J connectivity index is 2.18. The van der Waals surface area contributed by atoms with Crippen LogP contribution in [0.15, 0.2) is 46.9 Å². The molecule has 2 aromatic rings. The lowest BCUT2D eigenvalue weighted by molar-refractivity contribution is -0.141. The van der Waals surface area contributed by atoms with Crippen molar-refractivity contribution in [3.05, 3.63) is 68.9 Å². The molecule has 0 amide bonds. The number of halogens is 3. The minimum atomic E-state index is -0.947. The first-order valence-electron chi connectivity index (χ1n) is 6.37. The number of rotatable bonds is 5. The van der Waals surface area contributed by atoms with Gasteiger partial charge in [-0.05, 0) is 48.2 Å². The molecule has 5 heteroatoms. The van der Waals surface area contributed by atoms with Crippen LogP contribution < -0.4 is 0 Å². The molecule has 21 heavy (non-hydrogen) atoms. The Bertz CT molecular complexity index is 660. The second-order valence-electron chi connectivity index (χ2n) is 4.81. The third-order valence-electron chi connectivity index (χ3n) is 3.20. The second kappa shape index (κ2) is 7.05. The number of carbonyl (C=O) groups is 1. The molecule has 0 aliphatic heterocycles. The highest BCUT2D eigenvalue weighted by atomic mass is 79.9. The first-order valence-corrected chi connectivity index (χ1v) is 7.54. The smallest absolute Gasteiger partial charge is 0.307 e. The van der Waals surface area contributed by atoms with Crippen molar-refractivity contribution < 1.29 is 14.3 Å². The third-order valence-corrected chi connectivity index (χ3v) is 3.93. The second-order valence-corrected chi connectivity index (χ2v) is 6.16. The van der Waals surface area contributed by atoms with Crippen LogP contribution in [0.5, 0.6) is 0 Å². The van der Waals surface area contributed by atoms with Gasteiger partial charge in [0.25, 0.3) is 0 Å². The quantitative estimate of drug-likeness (QED) is 0.825. The van der Waals surface area contributed by atoms with Gasteiger partial charge in [-0.3, -0.25) is 4.79 Å². The molecule has 1 N–H and O–H groups in total. The average Bonchev–Trinajstić information content (AvgIpc) is 2.40. The molecule has 0 aliphatic rings. The van der Waals surface area contributed by atoms with Crippen molar-refractivity contribution in [1.82, 2.24) is 0 Å². The highest BCUT2D eigenvalue weighted by Crippen LogP contribution is 2.21. The van der Waals surface area contributed by atoms with Crippen molar-refractivity contribution in [1.29, 1.82) is 0 Å². The lowest BCUT2D eigenvalue weighted by Gasteiger charge is -2.13. The van der Waals surface area contributed by atoms with Crippen molar-refractivity contribution in [2.24, 2.45) is 5.92 Å². The number of carboxylic acid groups (broad SMARTS) is 1. The highest BCUT2D eigenvalue weighted by Gasteiger charge is 2.20. The van der Waals surface area contributed by atoms with E-state index in [-0.39, 0.29) is 6.42 Å². The maximum Gasteiger partial charge on any atom is 0.307 e. The van der Waals surface area contributed by atoms with Gasteiger partial charge in [0, 0.05) is 9.50 Å². The number of carboxylic acids is 1. The van der Waals surface area contributed by atoms with Gasteiger partial charge in [-0.15, -0.1) is 0 Å². The van der Waals surface area contributed by atoms with Crippen molar-refractivity contribution in [3.63, 3.8) is 0 Å². The Hall–Kier alpha value is -1.39. The molecule has 0 aromatic heterocycles. The SMILES string of the molecule is O=C(O)C(Cc1cccc(Cl)c1)Cc1ccc(Br)cc1F. The maximum atomic E-state index is 13.8. The van der Waals surface area contributed by atoms with Gasteiger partial charge in [0.15, 0.2) is 0 Å². The predicted molar refractivity (Wildman–Crippen MR) is 84.1 cm³/mol. The van der Waals surface area contributed by atoms with Crippen LogP contribution in [0, 0.1) is 11.7 Å². The molecule has 110 valence electrons. The minimum absolute atomic E-state index is 0.140. The van der Waals surface area contributed by atoms with Crippen LogP contribution in [0.3, 0.4) is 0 Å². The number of aliphatic carboxylic acids is 1. The molecule has 2 nitrogen and oxygen atoms in total. The van der Waals surface area contributed by atoms with E-state index in [1.807, 2.05) is 6.07 Å². The molecular weight excluding hydrogens is 359 g/mol. The van der Waals surface area contributed by atoms with E-state index in [9.17, 15) is 14.3 Å². The molecule has 0 heterocycles. The molecule has 0 aliphatic carbocycles. The van der Waals surface area contributed by atoms with Gasteiger partial charge in [0.2, 0.25) is 0 Å². The fourth-order valence-electron chi connectivity index (χ4n) is 2.15. The first kappa shape index (κ1) is 16.0. The van der Waals surface area contributed by atoms with Gasteiger partial charge < -0.3 is 5.11 Å². The largest absolute Gasteiger partial charge is 0.481 e. The van der Waals surface area contributed by atoms with E-state index in [1.165, 1.54) is 6.07 Å². The van der Waals surface area contributed by atoms with E-state index in [0.717, 1.165) is 5.56 Å². The van der Waals surface area contributed by atoms with Crippen LogP contribution in [0.4, 0.5) is 4.39 Å². The van der Waals surface area contributed by atoms with Crippen LogP contribution in [0.25, 0.3) is 0 Å². The highest BCUT2D eigenvalue weighted by molar-refractivity contribution is 9.10. The third kappa shape index (κ3) is 4.55. The van der Waals surface area contributed by atoms with Crippen molar-refractivity contribution in [2.75, 3.05) is 0 Å². The van der Waals surface area contributed by atoms with Crippen LogP contribution in [-0.4, -0.2) is 11.1 Å². The summed E-state index contributed by atoms with van der Waals surface area (Å²) in [6.07, 6.45) is 0.451. The standard InChI is InChI=1S/C16H13BrClFO2/c17-13-5-4-11(15(19)9-13)8-12(16(20)21)6-10-2-1-3-14(18)7-10/h1-5,7,9,12H,6,8H2,(H,20,21). The van der Waals surface area contributed by atoms with Crippen molar-refractivity contribution >= 4 is 33.5 Å². The van der Waals surface area contributed by atoms with E-state index >= 15 is 0 Å². The summed E-state index contributed by atoms with van der Waals surface area (Å²) in [5.74, 6) is -2.04. The molecule has 1 unspecified atom stereocenters. The predicted octanol–water partition coefficient (Wildman–Crippen LogP) is 4.73. The van der Waals surface area contributed by atoms with Crippen molar-refractivity contribution in [3.8, 4) is 0 Å². The molecular formula is C16H13BrClFO2. The van der Waals surface area contributed by atoms with Gasteiger partial charge >= 0.3 is 5.97 Å². The Kier molecular flexibility index (Phi) is 5.37. The molecule has 1 atom stereocenters. The summed E-state index contributed by atoms with van der Waals surface area (Å²) in [6.45, 7) is 0. The number of benzene rings is 2. The molecule has 2 rings (SSSR count). The topological polar surface area (TPSA) is 37.3 Å². The molecule has 0 saturated carbocycles.